The fourth-order valence-electron chi connectivity index (χ4n) is 2.87. The Morgan fingerprint density at radius 2 is 1.04 bits per heavy atom. The van der Waals surface area contributed by atoms with E-state index in [2.05, 4.69) is 0 Å². The quantitative estimate of drug-likeness (QED) is 0.499. The van der Waals surface area contributed by atoms with Crippen molar-refractivity contribution in [3.63, 3.8) is 0 Å². The van der Waals surface area contributed by atoms with E-state index in [1.807, 2.05) is 31.2 Å². The molecular weight excluding hydrogens is 340 g/mol. The largest absolute Gasteiger partial charge is 0.207 e. The van der Waals surface area contributed by atoms with Crippen LogP contribution >= 0.6 is 0 Å². The summed E-state index contributed by atoms with van der Waals surface area (Å²) in [5.74, 6) is -2.88. The molecule has 0 aliphatic carbocycles. The minimum absolute atomic E-state index is 0.108. The summed E-state index contributed by atoms with van der Waals surface area (Å²) in [4.78, 5) is 0. The second-order valence-electron chi connectivity index (χ2n) is 6.56. The standard InChI is InChI=1S/C22H18F4/c1-13-3-5-15(6-4-13)7-16-11-21(25)18(22(26)12-16)8-17-9-19(23)14(2)20(24)10-17/h3-6,9-12H,7-8H2,1-2H3. The molecular formula is C22H18F4. The van der Waals surface area contributed by atoms with Gasteiger partial charge in [0.05, 0.1) is 0 Å². The van der Waals surface area contributed by atoms with E-state index in [4.69, 9.17) is 0 Å². The maximum absolute atomic E-state index is 14.4. The zero-order valence-electron chi connectivity index (χ0n) is 14.5. The average Bonchev–Trinajstić information content (AvgIpc) is 2.58. The van der Waals surface area contributed by atoms with Gasteiger partial charge in [-0.1, -0.05) is 29.8 Å². The lowest BCUT2D eigenvalue weighted by Gasteiger charge is -2.10. The summed E-state index contributed by atoms with van der Waals surface area (Å²) in [7, 11) is 0. The summed E-state index contributed by atoms with van der Waals surface area (Å²) in [5.41, 5.74) is 2.45. The van der Waals surface area contributed by atoms with Gasteiger partial charge in [0, 0.05) is 17.5 Å². The lowest BCUT2D eigenvalue weighted by Crippen LogP contribution is -2.02. The summed E-state index contributed by atoms with van der Waals surface area (Å²) >= 11 is 0. The summed E-state index contributed by atoms with van der Waals surface area (Å²) in [6, 6.07) is 12.5. The zero-order valence-corrected chi connectivity index (χ0v) is 14.5. The van der Waals surface area contributed by atoms with Crippen LogP contribution in [-0.2, 0) is 12.8 Å². The first kappa shape index (κ1) is 18.2. The average molecular weight is 358 g/mol. The van der Waals surface area contributed by atoms with Gasteiger partial charge in [-0.15, -0.1) is 0 Å². The molecule has 4 heteroatoms. The minimum atomic E-state index is -0.725. The third-order valence-electron chi connectivity index (χ3n) is 4.45. The molecule has 0 saturated heterocycles. The highest BCUT2D eigenvalue weighted by Gasteiger charge is 2.14. The van der Waals surface area contributed by atoms with Gasteiger partial charge in [0.25, 0.3) is 0 Å². The zero-order chi connectivity index (χ0) is 18.8. The first-order valence-corrected chi connectivity index (χ1v) is 8.30. The van der Waals surface area contributed by atoms with Crippen LogP contribution in [0, 0.1) is 37.1 Å². The molecule has 0 fully saturated rings. The Labute approximate surface area is 150 Å². The molecule has 0 bridgehead atoms. The molecule has 0 unspecified atom stereocenters. The normalized spacial score (nSPS) is 11.0. The monoisotopic (exact) mass is 358 g/mol. The third-order valence-corrected chi connectivity index (χ3v) is 4.45. The summed E-state index contributed by atoms with van der Waals surface area (Å²) in [6.45, 7) is 3.28. The molecule has 0 N–H and O–H groups in total. The first-order chi connectivity index (χ1) is 12.3. The molecule has 0 saturated carbocycles. The molecule has 0 radical (unpaired) electrons. The van der Waals surface area contributed by atoms with Crippen molar-refractivity contribution in [2.45, 2.75) is 26.7 Å². The maximum atomic E-state index is 14.4. The van der Waals surface area contributed by atoms with Gasteiger partial charge in [-0.25, -0.2) is 17.6 Å². The Morgan fingerprint density at radius 3 is 1.58 bits per heavy atom. The number of benzene rings is 3. The van der Waals surface area contributed by atoms with Crippen LogP contribution in [0.2, 0.25) is 0 Å². The maximum Gasteiger partial charge on any atom is 0.129 e. The Bertz CT molecular complexity index is 897. The van der Waals surface area contributed by atoms with E-state index in [-0.39, 0.29) is 23.1 Å². The van der Waals surface area contributed by atoms with E-state index in [1.54, 1.807) is 0 Å². The van der Waals surface area contributed by atoms with Crippen molar-refractivity contribution >= 4 is 0 Å². The van der Waals surface area contributed by atoms with E-state index >= 15 is 0 Å². The van der Waals surface area contributed by atoms with Crippen molar-refractivity contribution < 1.29 is 17.6 Å². The van der Waals surface area contributed by atoms with Gasteiger partial charge in [-0.2, -0.15) is 0 Å². The summed E-state index contributed by atoms with van der Waals surface area (Å²) in [6.07, 6.45) is 0.193. The van der Waals surface area contributed by atoms with Gasteiger partial charge < -0.3 is 0 Å². The highest BCUT2D eigenvalue weighted by molar-refractivity contribution is 5.36. The van der Waals surface area contributed by atoms with Crippen molar-refractivity contribution in [1.29, 1.82) is 0 Å². The van der Waals surface area contributed by atoms with Crippen LogP contribution in [0.3, 0.4) is 0 Å². The van der Waals surface area contributed by atoms with Crippen LogP contribution in [0.25, 0.3) is 0 Å². The van der Waals surface area contributed by atoms with Crippen LogP contribution in [0.1, 0.15) is 33.4 Å². The molecule has 134 valence electrons. The van der Waals surface area contributed by atoms with E-state index in [0.717, 1.165) is 23.3 Å². The predicted octanol–water partition coefficient (Wildman–Crippen LogP) is 6.04. The highest BCUT2D eigenvalue weighted by Crippen LogP contribution is 2.23. The predicted molar refractivity (Wildman–Crippen MR) is 94.2 cm³/mol. The van der Waals surface area contributed by atoms with Crippen molar-refractivity contribution in [1.82, 2.24) is 0 Å². The lowest BCUT2D eigenvalue weighted by molar-refractivity contribution is 0.552. The van der Waals surface area contributed by atoms with Crippen molar-refractivity contribution in [2.75, 3.05) is 0 Å². The number of hydrogen-bond acceptors (Lipinski definition) is 0. The molecule has 3 aromatic rings. The molecule has 26 heavy (non-hydrogen) atoms. The van der Waals surface area contributed by atoms with Gasteiger partial charge in [-0.3, -0.25) is 0 Å². The van der Waals surface area contributed by atoms with Crippen LogP contribution in [0.4, 0.5) is 17.6 Å². The molecule has 0 spiro atoms. The van der Waals surface area contributed by atoms with Crippen LogP contribution in [-0.4, -0.2) is 0 Å². The molecule has 0 aromatic heterocycles. The second kappa shape index (κ2) is 7.32. The van der Waals surface area contributed by atoms with E-state index in [9.17, 15) is 17.6 Å². The van der Waals surface area contributed by atoms with Crippen LogP contribution < -0.4 is 0 Å². The Morgan fingerprint density at radius 1 is 0.577 bits per heavy atom. The lowest BCUT2D eigenvalue weighted by atomic mass is 9.98. The van der Waals surface area contributed by atoms with Gasteiger partial charge in [-0.05, 0) is 61.2 Å². The topological polar surface area (TPSA) is 0 Å². The summed E-state index contributed by atoms with van der Waals surface area (Å²) < 4.78 is 56.1. The second-order valence-corrected chi connectivity index (χ2v) is 6.56. The Kier molecular flexibility index (Phi) is 5.12. The number of aryl methyl sites for hydroxylation is 1. The molecule has 0 aliphatic heterocycles. The number of hydrogen-bond donors (Lipinski definition) is 0. The molecule has 0 amide bonds. The fraction of sp³-hybridized carbons (Fsp3) is 0.182. The Balaban J connectivity index is 1.86. The first-order valence-electron chi connectivity index (χ1n) is 8.30. The minimum Gasteiger partial charge on any atom is -0.207 e. The fourth-order valence-corrected chi connectivity index (χ4v) is 2.87. The third kappa shape index (κ3) is 3.96. The van der Waals surface area contributed by atoms with Crippen molar-refractivity contribution in [3.05, 3.63) is 105 Å². The summed E-state index contributed by atoms with van der Waals surface area (Å²) in [5, 5.41) is 0. The number of halogens is 4. The molecule has 3 rings (SSSR count). The highest BCUT2D eigenvalue weighted by atomic mass is 19.1. The molecule has 3 aromatic carbocycles. The molecule has 0 heterocycles. The van der Waals surface area contributed by atoms with Crippen LogP contribution in [0.5, 0.6) is 0 Å². The van der Waals surface area contributed by atoms with Gasteiger partial charge in [0.15, 0.2) is 0 Å². The van der Waals surface area contributed by atoms with E-state index in [0.29, 0.717) is 12.0 Å². The SMILES string of the molecule is Cc1ccc(Cc2cc(F)c(Cc3cc(F)c(C)c(F)c3)c(F)c2)cc1. The smallest absolute Gasteiger partial charge is 0.129 e. The van der Waals surface area contributed by atoms with E-state index in [1.165, 1.54) is 19.1 Å². The molecule has 0 nitrogen and oxygen atoms in total. The van der Waals surface area contributed by atoms with E-state index < -0.39 is 23.3 Å². The van der Waals surface area contributed by atoms with Gasteiger partial charge in [0.1, 0.15) is 23.3 Å². The van der Waals surface area contributed by atoms with Crippen LogP contribution in [0.15, 0.2) is 48.5 Å². The van der Waals surface area contributed by atoms with Crippen molar-refractivity contribution in [2.24, 2.45) is 0 Å². The van der Waals surface area contributed by atoms with Crippen molar-refractivity contribution in [3.8, 4) is 0 Å². The van der Waals surface area contributed by atoms with Gasteiger partial charge >= 0.3 is 0 Å². The molecule has 0 aliphatic rings. The molecule has 0 atom stereocenters. The van der Waals surface area contributed by atoms with Gasteiger partial charge in [0.2, 0.25) is 0 Å². The number of rotatable bonds is 4. The Hall–Kier alpha value is -2.62.